The predicted molar refractivity (Wildman–Crippen MR) is 78.2 cm³/mol. The van der Waals surface area contributed by atoms with Gasteiger partial charge in [-0.15, -0.1) is 0 Å². The van der Waals surface area contributed by atoms with Gasteiger partial charge in [-0.1, -0.05) is 0 Å². The number of carbonyl (C=O) groups is 1. The van der Waals surface area contributed by atoms with Crippen LogP contribution in [0, 0.1) is 5.82 Å². The van der Waals surface area contributed by atoms with Gasteiger partial charge in [-0.3, -0.25) is 9.69 Å². The number of rotatable bonds is 7. The Morgan fingerprint density at radius 3 is 3.00 bits per heavy atom. The third-order valence-corrected chi connectivity index (χ3v) is 4.02. The SMILES string of the molecule is COc1ccc(C(=O)CN2CCCC2CCCO)cc1F. The second-order valence-electron chi connectivity index (χ2n) is 5.40. The molecule has 1 N–H and O–H groups in total. The number of benzene rings is 1. The molecule has 0 bridgehead atoms. The Morgan fingerprint density at radius 2 is 2.33 bits per heavy atom. The molecule has 1 heterocycles. The molecule has 21 heavy (non-hydrogen) atoms. The molecule has 5 heteroatoms. The summed E-state index contributed by atoms with van der Waals surface area (Å²) in [6, 6.07) is 4.67. The summed E-state index contributed by atoms with van der Waals surface area (Å²) in [5.41, 5.74) is 0.376. The molecule has 1 aromatic rings. The van der Waals surface area contributed by atoms with Gasteiger partial charge in [0, 0.05) is 18.2 Å². The van der Waals surface area contributed by atoms with Gasteiger partial charge in [-0.05, 0) is 50.4 Å². The molecule has 1 aromatic carbocycles. The van der Waals surface area contributed by atoms with Crippen LogP contribution in [0.1, 0.15) is 36.0 Å². The zero-order chi connectivity index (χ0) is 15.2. The van der Waals surface area contributed by atoms with E-state index in [9.17, 15) is 9.18 Å². The van der Waals surface area contributed by atoms with Gasteiger partial charge in [-0.25, -0.2) is 4.39 Å². The van der Waals surface area contributed by atoms with Crippen LogP contribution in [0.3, 0.4) is 0 Å². The normalized spacial score (nSPS) is 18.9. The predicted octanol–water partition coefficient (Wildman–Crippen LogP) is 2.25. The van der Waals surface area contributed by atoms with Crippen LogP contribution in [0.5, 0.6) is 5.75 Å². The molecule has 4 nitrogen and oxygen atoms in total. The van der Waals surface area contributed by atoms with Crippen molar-refractivity contribution in [2.45, 2.75) is 31.7 Å². The van der Waals surface area contributed by atoms with Crippen LogP contribution in [0.2, 0.25) is 0 Å². The van der Waals surface area contributed by atoms with E-state index < -0.39 is 5.82 Å². The number of hydrogen-bond donors (Lipinski definition) is 1. The number of aliphatic hydroxyl groups is 1. The molecular weight excluding hydrogens is 273 g/mol. The smallest absolute Gasteiger partial charge is 0.176 e. The summed E-state index contributed by atoms with van der Waals surface area (Å²) in [6.45, 7) is 1.38. The van der Waals surface area contributed by atoms with Gasteiger partial charge < -0.3 is 9.84 Å². The average molecular weight is 295 g/mol. The van der Waals surface area contributed by atoms with Gasteiger partial charge in [0.15, 0.2) is 17.3 Å². The highest BCUT2D eigenvalue weighted by Crippen LogP contribution is 2.23. The summed E-state index contributed by atoms with van der Waals surface area (Å²) in [7, 11) is 1.40. The Hall–Kier alpha value is -1.46. The van der Waals surface area contributed by atoms with E-state index in [0.29, 0.717) is 18.2 Å². The van der Waals surface area contributed by atoms with Crippen molar-refractivity contribution >= 4 is 5.78 Å². The summed E-state index contributed by atoms with van der Waals surface area (Å²) >= 11 is 0. The first kappa shape index (κ1) is 15.9. The maximum Gasteiger partial charge on any atom is 0.176 e. The van der Waals surface area contributed by atoms with Crippen molar-refractivity contribution in [1.29, 1.82) is 0 Å². The molecule has 1 saturated heterocycles. The highest BCUT2D eigenvalue weighted by atomic mass is 19.1. The molecule has 1 aliphatic rings. The highest BCUT2D eigenvalue weighted by molar-refractivity contribution is 5.97. The van der Waals surface area contributed by atoms with E-state index in [2.05, 4.69) is 4.90 Å². The van der Waals surface area contributed by atoms with Crippen LogP contribution >= 0.6 is 0 Å². The first-order chi connectivity index (χ1) is 10.2. The maximum atomic E-state index is 13.6. The number of methoxy groups -OCH3 is 1. The number of nitrogens with zero attached hydrogens (tertiary/aromatic N) is 1. The summed E-state index contributed by atoms with van der Waals surface area (Å²) in [4.78, 5) is 14.4. The van der Waals surface area contributed by atoms with Crippen molar-refractivity contribution < 1.29 is 19.0 Å². The van der Waals surface area contributed by atoms with Gasteiger partial charge in [-0.2, -0.15) is 0 Å². The molecule has 1 atom stereocenters. The number of ether oxygens (including phenoxy) is 1. The van der Waals surface area contributed by atoms with Crippen molar-refractivity contribution in [3.05, 3.63) is 29.6 Å². The summed E-state index contributed by atoms with van der Waals surface area (Å²) in [5, 5.41) is 8.91. The lowest BCUT2D eigenvalue weighted by molar-refractivity contribution is 0.0915. The zero-order valence-corrected chi connectivity index (χ0v) is 12.3. The standard InChI is InChI=1S/C16H22FNO3/c1-21-16-7-6-12(10-14(16)17)15(20)11-18-8-2-4-13(18)5-3-9-19/h6-7,10,13,19H,2-5,8-9,11H2,1H3. The van der Waals surface area contributed by atoms with Gasteiger partial charge in [0.05, 0.1) is 13.7 Å². The molecule has 0 radical (unpaired) electrons. The van der Waals surface area contributed by atoms with Crippen LogP contribution < -0.4 is 4.74 Å². The van der Waals surface area contributed by atoms with E-state index in [1.54, 1.807) is 6.07 Å². The van der Waals surface area contributed by atoms with E-state index in [0.717, 1.165) is 32.2 Å². The Kier molecular flexibility index (Phi) is 5.70. The van der Waals surface area contributed by atoms with E-state index in [1.165, 1.54) is 19.2 Å². The lowest BCUT2D eigenvalue weighted by Crippen LogP contribution is -2.34. The van der Waals surface area contributed by atoms with Gasteiger partial charge in [0.25, 0.3) is 0 Å². The molecule has 0 saturated carbocycles. The van der Waals surface area contributed by atoms with E-state index >= 15 is 0 Å². The number of ketones is 1. The number of carbonyl (C=O) groups excluding carboxylic acids is 1. The number of Topliss-reactive ketones (excluding diaryl/α,β-unsaturated/α-hetero) is 1. The molecule has 2 rings (SSSR count). The summed E-state index contributed by atoms with van der Waals surface area (Å²) < 4.78 is 18.5. The second kappa shape index (κ2) is 7.52. The fourth-order valence-corrected chi connectivity index (χ4v) is 2.87. The number of halogens is 1. The molecule has 1 aliphatic heterocycles. The van der Waals surface area contributed by atoms with Gasteiger partial charge in [0.2, 0.25) is 0 Å². The minimum Gasteiger partial charge on any atom is -0.494 e. The van der Waals surface area contributed by atoms with Crippen LogP contribution in [0.4, 0.5) is 4.39 Å². The zero-order valence-electron chi connectivity index (χ0n) is 12.3. The van der Waals surface area contributed by atoms with E-state index in [4.69, 9.17) is 9.84 Å². The van der Waals surface area contributed by atoms with Crippen molar-refractivity contribution in [1.82, 2.24) is 4.90 Å². The van der Waals surface area contributed by atoms with Gasteiger partial charge in [0.1, 0.15) is 0 Å². The third kappa shape index (κ3) is 4.02. The molecule has 116 valence electrons. The molecule has 1 unspecified atom stereocenters. The fourth-order valence-electron chi connectivity index (χ4n) is 2.87. The Bertz CT molecular complexity index is 492. The third-order valence-electron chi connectivity index (χ3n) is 4.02. The van der Waals surface area contributed by atoms with E-state index in [-0.39, 0.29) is 18.1 Å². The first-order valence-corrected chi connectivity index (χ1v) is 7.37. The second-order valence-corrected chi connectivity index (χ2v) is 5.40. The van der Waals surface area contributed by atoms with Crippen molar-refractivity contribution in [3.8, 4) is 5.75 Å². The quantitative estimate of drug-likeness (QED) is 0.784. The number of aliphatic hydroxyl groups excluding tert-OH is 1. The first-order valence-electron chi connectivity index (χ1n) is 7.37. The molecule has 0 aliphatic carbocycles. The van der Waals surface area contributed by atoms with Crippen LogP contribution in [0.25, 0.3) is 0 Å². The monoisotopic (exact) mass is 295 g/mol. The fraction of sp³-hybridized carbons (Fsp3) is 0.562. The lowest BCUT2D eigenvalue weighted by Gasteiger charge is -2.23. The van der Waals surface area contributed by atoms with Crippen molar-refractivity contribution in [2.75, 3.05) is 26.8 Å². The molecular formula is C16H22FNO3. The number of likely N-dealkylation sites (tertiary alicyclic amines) is 1. The minimum absolute atomic E-state index is 0.0764. The minimum atomic E-state index is -0.512. The van der Waals surface area contributed by atoms with Crippen LogP contribution in [0.15, 0.2) is 18.2 Å². The number of hydrogen-bond acceptors (Lipinski definition) is 4. The molecule has 0 spiro atoms. The lowest BCUT2D eigenvalue weighted by atomic mass is 10.1. The largest absolute Gasteiger partial charge is 0.494 e. The highest BCUT2D eigenvalue weighted by Gasteiger charge is 2.26. The molecule has 0 aromatic heterocycles. The van der Waals surface area contributed by atoms with Gasteiger partial charge >= 0.3 is 0 Å². The van der Waals surface area contributed by atoms with Crippen molar-refractivity contribution in [3.63, 3.8) is 0 Å². The van der Waals surface area contributed by atoms with Crippen LogP contribution in [-0.4, -0.2) is 48.6 Å². The topological polar surface area (TPSA) is 49.8 Å². The summed E-state index contributed by atoms with van der Waals surface area (Å²) in [5.74, 6) is -0.442. The molecule has 1 fully saturated rings. The molecule has 0 amide bonds. The average Bonchev–Trinajstić information content (AvgIpc) is 2.92. The Morgan fingerprint density at radius 1 is 1.52 bits per heavy atom. The Balaban J connectivity index is 1.98. The maximum absolute atomic E-state index is 13.6. The summed E-state index contributed by atoms with van der Waals surface area (Å²) in [6.07, 6.45) is 3.79. The van der Waals surface area contributed by atoms with Crippen LogP contribution in [-0.2, 0) is 0 Å². The Labute approximate surface area is 124 Å². The van der Waals surface area contributed by atoms with Crippen molar-refractivity contribution in [2.24, 2.45) is 0 Å². The van der Waals surface area contributed by atoms with E-state index in [1.807, 2.05) is 0 Å².